The summed E-state index contributed by atoms with van der Waals surface area (Å²) in [6.07, 6.45) is 3.70. The zero-order valence-electron chi connectivity index (χ0n) is 17.7. The number of nitrogens with zero attached hydrogens (tertiary/aromatic N) is 4. The van der Waals surface area contributed by atoms with Crippen molar-refractivity contribution in [3.8, 4) is 5.69 Å². The Hall–Kier alpha value is -2.81. The van der Waals surface area contributed by atoms with Gasteiger partial charge in [-0.05, 0) is 48.6 Å². The first-order chi connectivity index (χ1) is 15.7. The highest BCUT2D eigenvalue weighted by Gasteiger charge is 2.41. The van der Waals surface area contributed by atoms with Crippen LogP contribution in [0, 0.1) is 5.82 Å². The minimum absolute atomic E-state index is 0.118. The number of nitrogens with one attached hydrogen (secondary N) is 1. The first kappa shape index (κ1) is 21.1. The van der Waals surface area contributed by atoms with Gasteiger partial charge in [-0.25, -0.2) is 4.39 Å². The summed E-state index contributed by atoms with van der Waals surface area (Å²) in [5, 5.41) is 4.18. The minimum Gasteiger partial charge on any atom is -0.379 e. The van der Waals surface area contributed by atoms with E-state index < -0.39 is 0 Å². The Balaban J connectivity index is 1.51. The molecule has 166 valence electrons. The Morgan fingerprint density at radius 3 is 2.62 bits per heavy atom. The summed E-state index contributed by atoms with van der Waals surface area (Å²) in [6, 6.07) is 16.5. The van der Waals surface area contributed by atoms with Gasteiger partial charge in [0.25, 0.3) is 0 Å². The number of aromatic nitrogens is 2. The SMILES string of the molecule is Fc1ccccc1-n1cccc1[C@@H]1[C@@H](c2ccccn2)NC(=S)N1CCN1CCOCC1. The van der Waals surface area contributed by atoms with Gasteiger partial charge in [-0.3, -0.25) is 9.88 Å². The number of para-hydroxylation sites is 1. The number of benzene rings is 1. The lowest BCUT2D eigenvalue weighted by atomic mass is 10.0. The average molecular weight is 452 g/mol. The van der Waals surface area contributed by atoms with Crippen LogP contribution in [0.1, 0.15) is 23.5 Å². The molecule has 0 bridgehead atoms. The van der Waals surface area contributed by atoms with Crippen molar-refractivity contribution in [3.63, 3.8) is 0 Å². The maximum Gasteiger partial charge on any atom is 0.170 e. The van der Waals surface area contributed by atoms with Crippen molar-refractivity contribution in [1.29, 1.82) is 0 Å². The summed E-state index contributed by atoms with van der Waals surface area (Å²) in [6.45, 7) is 5.03. The maximum absolute atomic E-state index is 14.7. The van der Waals surface area contributed by atoms with E-state index in [-0.39, 0.29) is 17.9 Å². The normalized spacial score (nSPS) is 21.7. The van der Waals surface area contributed by atoms with Crippen molar-refractivity contribution in [3.05, 3.63) is 84.2 Å². The van der Waals surface area contributed by atoms with Crippen LogP contribution in [0.3, 0.4) is 0 Å². The number of halogens is 1. The Labute approximate surface area is 192 Å². The molecule has 2 fully saturated rings. The lowest BCUT2D eigenvalue weighted by molar-refractivity contribution is 0.0349. The monoisotopic (exact) mass is 451 g/mol. The van der Waals surface area contributed by atoms with E-state index in [0.29, 0.717) is 10.8 Å². The number of hydrogen-bond acceptors (Lipinski definition) is 4. The summed E-state index contributed by atoms with van der Waals surface area (Å²) in [5.41, 5.74) is 2.41. The van der Waals surface area contributed by atoms with Crippen molar-refractivity contribution in [2.75, 3.05) is 39.4 Å². The molecule has 0 unspecified atom stereocenters. The third-order valence-corrected chi connectivity index (χ3v) is 6.51. The zero-order chi connectivity index (χ0) is 21.9. The lowest BCUT2D eigenvalue weighted by Crippen LogP contribution is -2.42. The summed E-state index contributed by atoms with van der Waals surface area (Å²) >= 11 is 5.78. The molecular formula is C24H26FN5OS. The van der Waals surface area contributed by atoms with E-state index in [1.54, 1.807) is 18.3 Å². The Bertz CT molecular complexity index is 1070. The maximum atomic E-state index is 14.7. The largest absolute Gasteiger partial charge is 0.379 e. The molecule has 0 amide bonds. The first-order valence-electron chi connectivity index (χ1n) is 10.9. The van der Waals surface area contributed by atoms with Gasteiger partial charge in [-0.2, -0.15) is 0 Å². The van der Waals surface area contributed by atoms with Gasteiger partial charge >= 0.3 is 0 Å². The summed E-state index contributed by atoms with van der Waals surface area (Å²) in [4.78, 5) is 9.22. The van der Waals surface area contributed by atoms with Crippen LogP contribution in [-0.4, -0.2) is 63.9 Å². The van der Waals surface area contributed by atoms with Crippen LogP contribution in [0.25, 0.3) is 5.69 Å². The second kappa shape index (κ2) is 9.36. The van der Waals surface area contributed by atoms with E-state index in [4.69, 9.17) is 17.0 Å². The van der Waals surface area contributed by atoms with Gasteiger partial charge in [-0.15, -0.1) is 0 Å². The van der Waals surface area contributed by atoms with Crippen molar-refractivity contribution >= 4 is 17.3 Å². The molecule has 2 atom stereocenters. The number of thiocarbonyl (C=S) groups is 1. The Morgan fingerprint density at radius 1 is 1.03 bits per heavy atom. The molecule has 3 aromatic rings. The molecular weight excluding hydrogens is 425 g/mol. The van der Waals surface area contributed by atoms with E-state index in [1.807, 2.05) is 47.2 Å². The number of morpholine rings is 1. The number of ether oxygens (including phenoxy) is 1. The fourth-order valence-corrected chi connectivity index (χ4v) is 4.88. The fraction of sp³-hybridized carbons (Fsp3) is 0.333. The standard InChI is InChI=1S/C24H26FN5OS/c25-18-6-1-2-8-20(18)29-11-5-9-21(29)23-22(19-7-3-4-10-26-19)27-24(32)30(23)13-12-28-14-16-31-17-15-28/h1-11,22-23H,12-17H2,(H,27,32)/t22-,23-/m1/s1. The smallest absolute Gasteiger partial charge is 0.170 e. The van der Waals surface area contributed by atoms with Crippen LogP contribution in [0.5, 0.6) is 0 Å². The van der Waals surface area contributed by atoms with Gasteiger partial charge in [-0.1, -0.05) is 18.2 Å². The lowest BCUT2D eigenvalue weighted by Gasteiger charge is -2.32. The van der Waals surface area contributed by atoms with Crippen LogP contribution in [0.2, 0.25) is 0 Å². The van der Waals surface area contributed by atoms with Crippen LogP contribution in [0.4, 0.5) is 4.39 Å². The zero-order valence-corrected chi connectivity index (χ0v) is 18.5. The first-order valence-corrected chi connectivity index (χ1v) is 11.3. The molecule has 0 saturated carbocycles. The Morgan fingerprint density at radius 2 is 1.84 bits per heavy atom. The average Bonchev–Trinajstić information content (AvgIpc) is 3.43. The molecule has 0 radical (unpaired) electrons. The molecule has 5 rings (SSSR count). The van der Waals surface area contributed by atoms with E-state index in [2.05, 4.69) is 20.1 Å². The summed E-state index contributed by atoms with van der Waals surface area (Å²) in [5.74, 6) is -0.257. The fourth-order valence-electron chi connectivity index (χ4n) is 4.54. The highest BCUT2D eigenvalue weighted by Crippen LogP contribution is 2.39. The number of pyridine rings is 1. The predicted octanol–water partition coefficient (Wildman–Crippen LogP) is 3.32. The van der Waals surface area contributed by atoms with E-state index in [0.717, 1.165) is 50.8 Å². The van der Waals surface area contributed by atoms with Crippen LogP contribution >= 0.6 is 12.2 Å². The topological polar surface area (TPSA) is 45.6 Å². The van der Waals surface area contributed by atoms with Crippen LogP contribution in [-0.2, 0) is 4.74 Å². The molecule has 1 N–H and O–H groups in total. The molecule has 2 aliphatic rings. The second-order valence-electron chi connectivity index (χ2n) is 8.03. The van der Waals surface area contributed by atoms with Crippen LogP contribution in [0.15, 0.2) is 67.0 Å². The van der Waals surface area contributed by atoms with Crippen molar-refractivity contribution in [2.45, 2.75) is 12.1 Å². The van der Waals surface area contributed by atoms with Crippen molar-refractivity contribution in [1.82, 2.24) is 24.7 Å². The predicted molar refractivity (Wildman–Crippen MR) is 125 cm³/mol. The summed E-state index contributed by atoms with van der Waals surface area (Å²) in [7, 11) is 0. The highest BCUT2D eigenvalue weighted by molar-refractivity contribution is 7.80. The molecule has 0 aliphatic carbocycles. The van der Waals surface area contributed by atoms with Gasteiger partial charge in [0.15, 0.2) is 5.11 Å². The molecule has 2 saturated heterocycles. The van der Waals surface area contributed by atoms with E-state index in [9.17, 15) is 4.39 Å². The highest BCUT2D eigenvalue weighted by atomic mass is 32.1. The van der Waals surface area contributed by atoms with Gasteiger partial charge in [0, 0.05) is 44.3 Å². The molecule has 2 aliphatic heterocycles. The van der Waals surface area contributed by atoms with Gasteiger partial charge < -0.3 is 19.5 Å². The van der Waals surface area contributed by atoms with Gasteiger partial charge in [0.05, 0.1) is 36.7 Å². The number of rotatable bonds is 6. The quantitative estimate of drug-likeness (QED) is 0.581. The van der Waals surface area contributed by atoms with E-state index >= 15 is 0 Å². The third kappa shape index (κ3) is 4.13. The Kier molecular flexibility index (Phi) is 6.16. The molecule has 6 nitrogen and oxygen atoms in total. The molecule has 8 heteroatoms. The molecule has 1 aromatic carbocycles. The molecule has 0 spiro atoms. The van der Waals surface area contributed by atoms with E-state index in [1.165, 1.54) is 6.07 Å². The van der Waals surface area contributed by atoms with Gasteiger partial charge in [0.2, 0.25) is 0 Å². The molecule has 4 heterocycles. The van der Waals surface area contributed by atoms with Crippen molar-refractivity contribution < 1.29 is 9.13 Å². The van der Waals surface area contributed by atoms with Gasteiger partial charge in [0.1, 0.15) is 5.82 Å². The molecule has 2 aromatic heterocycles. The second-order valence-corrected chi connectivity index (χ2v) is 8.42. The number of hydrogen-bond donors (Lipinski definition) is 1. The third-order valence-electron chi connectivity index (χ3n) is 6.15. The van der Waals surface area contributed by atoms with Crippen molar-refractivity contribution in [2.24, 2.45) is 0 Å². The summed E-state index contributed by atoms with van der Waals surface area (Å²) < 4.78 is 22.1. The van der Waals surface area contributed by atoms with Crippen LogP contribution < -0.4 is 5.32 Å². The minimum atomic E-state index is -0.257. The molecule has 32 heavy (non-hydrogen) atoms.